The molecule has 1 atom stereocenters. The molecule has 1 aromatic carbocycles. The van der Waals surface area contributed by atoms with Gasteiger partial charge in [-0.2, -0.15) is 10.2 Å². The number of likely N-dealkylation sites (tertiary alicyclic amines) is 1. The summed E-state index contributed by atoms with van der Waals surface area (Å²) in [5.41, 5.74) is 2.14. The summed E-state index contributed by atoms with van der Waals surface area (Å²) in [5.74, 6) is 2.87. The van der Waals surface area contributed by atoms with Crippen LogP contribution in [0.2, 0.25) is 0 Å². The Balaban J connectivity index is 1.66. The highest BCUT2D eigenvalue weighted by molar-refractivity contribution is 5.77. The van der Waals surface area contributed by atoms with Crippen LogP contribution in [0, 0.1) is 19.3 Å². The molecule has 1 unspecified atom stereocenters. The average molecular weight is 337 g/mol. The molecule has 3 rings (SSSR count). The third-order valence-electron chi connectivity index (χ3n) is 5.29. The summed E-state index contributed by atoms with van der Waals surface area (Å²) in [6, 6.07) is 8.77. The van der Waals surface area contributed by atoms with E-state index in [1.165, 1.54) is 24.0 Å². The first kappa shape index (κ1) is 17.7. The summed E-state index contributed by atoms with van der Waals surface area (Å²) < 4.78 is 0. The summed E-state index contributed by atoms with van der Waals surface area (Å²) in [6.45, 7) is 2.96. The van der Waals surface area contributed by atoms with Crippen LogP contribution < -0.4 is 0 Å². The lowest BCUT2D eigenvalue weighted by Gasteiger charge is -2.31. The van der Waals surface area contributed by atoms with E-state index in [1.807, 2.05) is 0 Å². The number of aryl methyl sites for hydroxylation is 1. The molecule has 132 valence electrons. The van der Waals surface area contributed by atoms with Crippen LogP contribution in [0.15, 0.2) is 34.5 Å². The van der Waals surface area contributed by atoms with Crippen LogP contribution in [0.4, 0.5) is 0 Å². The first-order chi connectivity index (χ1) is 12.1. The molecule has 1 amide bonds. The molecule has 25 heavy (non-hydrogen) atoms. The van der Waals surface area contributed by atoms with Crippen LogP contribution >= 0.6 is 0 Å². The molecular formula is C21H27N3O. The largest absolute Gasteiger partial charge is 0.336 e. The second-order valence-corrected chi connectivity index (χ2v) is 7.25. The van der Waals surface area contributed by atoms with Crippen molar-refractivity contribution in [3.63, 3.8) is 0 Å². The van der Waals surface area contributed by atoms with E-state index in [2.05, 4.69) is 52.2 Å². The maximum atomic E-state index is 13.0. The zero-order valence-electron chi connectivity index (χ0n) is 15.1. The van der Waals surface area contributed by atoms with Crippen molar-refractivity contribution in [2.45, 2.75) is 70.0 Å². The van der Waals surface area contributed by atoms with Gasteiger partial charge in [-0.05, 0) is 25.3 Å². The summed E-state index contributed by atoms with van der Waals surface area (Å²) in [7, 11) is 0. The van der Waals surface area contributed by atoms with Gasteiger partial charge in [-0.1, -0.05) is 42.7 Å². The van der Waals surface area contributed by atoms with E-state index in [-0.39, 0.29) is 17.6 Å². The predicted octanol–water partition coefficient (Wildman–Crippen LogP) is 4.79. The Hall–Kier alpha value is -2.15. The lowest BCUT2D eigenvalue weighted by atomic mass is 9.97. The summed E-state index contributed by atoms with van der Waals surface area (Å²) in [6.07, 6.45) is 12.5. The van der Waals surface area contributed by atoms with Crippen molar-refractivity contribution in [2.24, 2.45) is 10.2 Å². The quantitative estimate of drug-likeness (QED) is 0.688. The highest BCUT2D eigenvalue weighted by atomic mass is 16.2. The van der Waals surface area contributed by atoms with Gasteiger partial charge in [0.2, 0.25) is 5.91 Å². The maximum Gasteiger partial charge on any atom is 0.223 e. The molecule has 1 fully saturated rings. The van der Waals surface area contributed by atoms with E-state index in [9.17, 15) is 4.79 Å². The molecule has 1 aromatic rings. The van der Waals surface area contributed by atoms with E-state index < -0.39 is 0 Å². The Morgan fingerprint density at radius 1 is 1.32 bits per heavy atom. The molecule has 0 spiro atoms. The zero-order valence-corrected chi connectivity index (χ0v) is 15.1. The fraction of sp³-hybridized carbons (Fsp3) is 0.571. The number of hydrogen-bond donors (Lipinski definition) is 0. The molecule has 0 radical (unpaired) electrons. The minimum absolute atomic E-state index is 0.199. The molecule has 4 heteroatoms. The molecule has 1 saturated heterocycles. The number of benzene rings is 1. The third-order valence-corrected chi connectivity index (χ3v) is 5.29. The Kier molecular flexibility index (Phi) is 5.53. The van der Waals surface area contributed by atoms with E-state index >= 15 is 0 Å². The van der Waals surface area contributed by atoms with Gasteiger partial charge in [-0.15, -0.1) is 12.3 Å². The lowest BCUT2D eigenvalue weighted by molar-refractivity contribution is -0.134. The van der Waals surface area contributed by atoms with Crippen molar-refractivity contribution in [1.29, 1.82) is 0 Å². The standard InChI is InChI=1S/C21H27N3O/c1-3-4-13-21(22-23-21)14-12-20(25)24-15-7-5-6-11-19(24)18-10-8-9-17(2)16-18/h1,8-10,16,19H,4-7,11-15H2,2H3. The van der Waals surface area contributed by atoms with Crippen molar-refractivity contribution in [3.05, 3.63) is 35.4 Å². The first-order valence-corrected chi connectivity index (χ1v) is 9.37. The minimum atomic E-state index is -0.368. The second kappa shape index (κ2) is 7.82. The summed E-state index contributed by atoms with van der Waals surface area (Å²) in [5, 5.41) is 8.31. The number of rotatable bonds is 6. The number of carbonyl (C=O) groups is 1. The van der Waals surface area contributed by atoms with Crippen molar-refractivity contribution in [3.8, 4) is 12.3 Å². The molecule has 2 heterocycles. The summed E-state index contributed by atoms with van der Waals surface area (Å²) in [4.78, 5) is 15.1. The third kappa shape index (κ3) is 4.48. The van der Waals surface area contributed by atoms with E-state index in [0.717, 1.165) is 25.8 Å². The molecular weight excluding hydrogens is 310 g/mol. The van der Waals surface area contributed by atoms with Gasteiger partial charge in [0.25, 0.3) is 0 Å². The van der Waals surface area contributed by atoms with Crippen LogP contribution in [0.5, 0.6) is 0 Å². The number of amides is 1. The van der Waals surface area contributed by atoms with Crippen LogP contribution in [0.3, 0.4) is 0 Å². The molecule has 2 aliphatic rings. The van der Waals surface area contributed by atoms with Gasteiger partial charge in [0.05, 0.1) is 6.04 Å². The van der Waals surface area contributed by atoms with Crippen LogP contribution in [-0.4, -0.2) is 23.0 Å². The highest BCUT2D eigenvalue weighted by Crippen LogP contribution is 2.38. The molecule has 0 aromatic heterocycles. The fourth-order valence-corrected chi connectivity index (χ4v) is 3.75. The Labute approximate surface area is 150 Å². The molecule has 4 nitrogen and oxygen atoms in total. The fourth-order valence-electron chi connectivity index (χ4n) is 3.75. The van der Waals surface area contributed by atoms with Gasteiger partial charge >= 0.3 is 0 Å². The zero-order chi connectivity index (χ0) is 17.7. The highest BCUT2D eigenvalue weighted by Gasteiger charge is 2.40. The number of hydrogen-bond acceptors (Lipinski definition) is 3. The lowest BCUT2D eigenvalue weighted by Crippen LogP contribution is -2.35. The van der Waals surface area contributed by atoms with E-state index in [0.29, 0.717) is 19.3 Å². The van der Waals surface area contributed by atoms with Gasteiger partial charge < -0.3 is 4.90 Å². The van der Waals surface area contributed by atoms with Crippen molar-refractivity contribution in [1.82, 2.24) is 4.90 Å². The van der Waals surface area contributed by atoms with E-state index in [4.69, 9.17) is 6.42 Å². The smallest absolute Gasteiger partial charge is 0.223 e. The molecule has 0 N–H and O–H groups in total. The Morgan fingerprint density at radius 2 is 2.16 bits per heavy atom. The molecule has 0 aliphatic carbocycles. The van der Waals surface area contributed by atoms with Crippen LogP contribution in [-0.2, 0) is 4.79 Å². The molecule has 2 aliphatic heterocycles. The normalized spacial score (nSPS) is 21.4. The Morgan fingerprint density at radius 3 is 2.88 bits per heavy atom. The van der Waals surface area contributed by atoms with Crippen molar-refractivity contribution in [2.75, 3.05) is 6.54 Å². The van der Waals surface area contributed by atoms with Gasteiger partial charge in [0, 0.05) is 32.2 Å². The van der Waals surface area contributed by atoms with Crippen LogP contribution in [0.25, 0.3) is 0 Å². The SMILES string of the molecule is C#CCCC1(CCC(=O)N2CCCCCC2c2cccc(C)c2)N=N1. The van der Waals surface area contributed by atoms with Gasteiger partial charge in [0.1, 0.15) is 0 Å². The molecule has 0 bridgehead atoms. The minimum Gasteiger partial charge on any atom is -0.336 e. The van der Waals surface area contributed by atoms with Gasteiger partial charge in [0.15, 0.2) is 5.66 Å². The maximum absolute atomic E-state index is 13.0. The second-order valence-electron chi connectivity index (χ2n) is 7.25. The number of nitrogens with zero attached hydrogens (tertiary/aromatic N) is 3. The summed E-state index contributed by atoms with van der Waals surface area (Å²) >= 11 is 0. The van der Waals surface area contributed by atoms with Crippen LogP contribution in [0.1, 0.15) is 68.5 Å². The average Bonchev–Trinajstić information content (AvgIpc) is 3.41. The predicted molar refractivity (Wildman–Crippen MR) is 99.0 cm³/mol. The number of terminal acetylenes is 1. The monoisotopic (exact) mass is 337 g/mol. The van der Waals surface area contributed by atoms with Crippen molar-refractivity contribution < 1.29 is 4.79 Å². The topological polar surface area (TPSA) is 45.0 Å². The number of carbonyl (C=O) groups excluding carboxylic acids is 1. The van der Waals surface area contributed by atoms with E-state index in [1.54, 1.807) is 0 Å². The molecule has 0 saturated carbocycles. The first-order valence-electron chi connectivity index (χ1n) is 9.37. The Bertz CT molecular complexity index is 683. The van der Waals surface area contributed by atoms with Gasteiger partial charge in [-0.3, -0.25) is 4.79 Å². The van der Waals surface area contributed by atoms with Gasteiger partial charge in [-0.25, -0.2) is 0 Å². The van der Waals surface area contributed by atoms with Crippen molar-refractivity contribution >= 4 is 5.91 Å².